The topological polar surface area (TPSA) is 84.5 Å². The van der Waals surface area contributed by atoms with Gasteiger partial charge in [-0.05, 0) is 31.5 Å². The Morgan fingerprint density at radius 3 is 2.35 bits per heavy atom. The van der Waals surface area contributed by atoms with Gasteiger partial charge in [0.15, 0.2) is 0 Å². The van der Waals surface area contributed by atoms with Crippen molar-refractivity contribution < 1.29 is 19.1 Å². The van der Waals surface area contributed by atoms with Crippen molar-refractivity contribution in [2.24, 2.45) is 5.92 Å². The molecule has 0 aliphatic carbocycles. The van der Waals surface area contributed by atoms with Gasteiger partial charge in [-0.3, -0.25) is 9.59 Å². The Hall–Kier alpha value is -2.67. The standard InChI is InChI=1S/C19H22N2O4S/c1-5-25-19(24)14-12(4)15(26-18(14)21-16(22)11(2)3)17(23)20-13-9-7-6-8-10-13/h6-11H,5H2,1-4H3,(H,20,23)(H,21,22). The Morgan fingerprint density at radius 2 is 1.77 bits per heavy atom. The van der Waals surface area contributed by atoms with Crippen molar-refractivity contribution in [3.63, 3.8) is 0 Å². The molecule has 0 atom stereocenters. The van der Waals surface area contributed by atoms with E-state index in [2.05, 4.69) is 10.6 Å². The summed E-state index contributed by atoms with van der Waals surface area (Å²) in [7, 11) is 0. The van der Waals surface area contributed by atoms with Crippen molar-refractivity contribution in [1.82, 2.24) is 0 Å². The van der Waals surface area contributed by atoms with Gasteiger partial charge < -0.3 is 15.4 Å². The molecular weight excluding hydrogens is 352 g/mol. The third kappa shape index (κ3) is 4.49. The number of hydrogen-bond donors (Lipinski definition) is 2. The van der Waals surface area contributed by atoms with E-state index in [1.807, 2.05) is 18.2 Å². The summed E-state index contributed by atoms with van der Waals surface area (Å²) in [4.78, 5) is 37.4. The molecule has 0 bridgehead atoms. The molecule has 2 rings (SSSR count). The fourth-order valence-electron chi connectivity index (χ4n) is 2.23. The first-order valence-electron chi connectivity index (χ1n) is 8.32. The number of anilines is 2. The van der Waals surface area contributed by atoms with Crippen molar-refractivity contribution in [2.75, 3.05) is 17.2 Å². The van der Waals surface area contributed by atoms with Crippen LogP contribution in [0.3, 0.4) is 0 Å². The molecule has 7 heteroatoms. The Bertz CT molecular complexity index is 812. The van der Waals surface area contributed by atoms with Crippen molar-refractivity contribution in [2.45, 2.75) is 27.7 Å². The van der Waals surface area contributed by atoms with E-state index in [9.17, 15) is 14.4 Å². The molecule has 138 valence electrons. The molecule has 0 aliphatic rings. The van der Waals surface area contributed by atoms with E-state index in [0.29, 0.717) is 21.1 Å². The monoisotopic (exact) mass is 374 g/mol. The Kier molecular flexibility index (Phi) is 6.52. The first-order chi connectivity index (χ1) is 12.3. The molecule has 0 aliphatic heterocycles. The van der Waals surface area contributed by atoms with E-state index in [1.165, 1.54) is 0 Å². The molecule has 6 nitrogen and oxygen atoms in total. The number of benzene rings is 1. The number of carbonyl (C=O) groups is 3. The first kappa shape index (κ1) is 19.7. The highest BCUT2D eigenvalue weighted by atomic mass is 32.1. The van der Waals surface area contributed by atoms with E-state index >= 15 is 0 Å². The summed E-state index contributed by atoms with van der Waals surface area (Å²) in [5.74, 6) is -1.38. The Morgan fingerprint density at radius 1 is 1.12 bits per heavy atom. The zero-order valence-electron chi connectivity index (χ0n) is 15.2. The number of amides is 2. The maximum absolute atomic E-state index is 12.6. The second kappa shape index (κ2) is 8.62. The average Bonchev–Trinajstić information content (AvgIpc) is 2.92. The lowest BCUT2D eigenvalue weighted by molar-refractivity contribution is -0.118. The van der Waals surface area contributed by atoms with Crippen LogP contribution in [0, 0.1) is 12.8 Å². The molecule has 0 unspecified atom stereocenters. The van der Waals surface area contributed by atoms with Crippen LogP contribution < -0.4 is 10.6 Å². The molecule has 26 heavy (non-hydrogen) atoms. The van der Waals surface area contributed by atoms with E-state index in [4.69, 9.17) is 4.74 Å². The van der Waals surface area contributed by atoms with Gasteiger partial charge in [0.05, 0.1) is 17.0 Å². The van der Waals surface area contributed by atoms with Crippen molar-refractivity contribution in [1.29, 1.82) is 0 Å². The number of ether oxygens (including phenoxy) is 1. The molecule has 1 aromatic heterocycles. The van der Waals surface area contributed by atoms with Crippen LogP contribution in [0.2, 0.25) is 0 Å². The predicted molar refractivity (Wildman–Crippen MR) is 103 cm³/mol. The minimum Gasteiger partial charge on any atom is -0.462 e. The number of rotatable bonds is 6. The summed E-state index contributed by atoms with van der Waals surface area (Å²) in [6.07, 6.45) is 0. The minimum absolute atomic E-state index is 0.206. The van der Waals surface area contributed by atoms with Crippen molar-refractivity contribution in [3.8, 4) is 0 Å². The SMILES string of the molecule is CCOC(=O)c1c(NC(=O)C(C)C)sc(C(=O)Nc2ccccc2)c1C. The molecule has 2 amide bonds. The van der Waals surface area contributed by atoms with Crippen LogP contribution in [0.15, 0.2) is 30.3 Å². The quantitative estimate of drug-likeness (QED) is 0.746. The van der Waals surface area contributed by atoms with Crippen LogP contribution in [-0.4, -0.2) is 24.4 Å². The van der Waals surface area contributed by atoms with Crippen LogP contribution in [0.1, 0.15) is 46.4 Å². The predicted octanol–water partition coefficient (Wildman–Crippen LogP) is 4.08. The van der Waals surface area contributed by atoms with Gasteiger partial charge in [0, 0.05) is 11.6 Å². The summed E-state index contributed by atoms with van der Waals surface area (Å²) in [6, 6.07) is 9.03. The molecule has 0 fully saturated rings. The van der Waals surface area contributed by atoms with Gasteiger partial charge in [-0.1, -0.05) is 32.0 Å². The first-order valence-corrected chi connectivity index (χ1v) is 9.14. The molecule has 1 aromatic carbocycles. The number of esters is 1. The largest absolute Gasteiger partial charge is 0.462 e. The number of carbonyl (C=O) groups excluding carboxylic acids is 3. The molecule has 0 saturated carbocycles. The average molecular weight is 374 g/mol. The highest BCUT2D eigenvalue weighted by Gasteiger charge is 2.27. The summed E-state index contributed by atoms with van der Waals surface area (Å²) in [5.41, 5.74) is 1.36. The van der Waals surface area contributed by atoms with Crippen molar-refractivity contribution >= 4 is 39.8 Å². The lowest BCUT2D eigenvalue weighted by atomic mass is 10.1. The Labute approximate surface area is 156 Å². The molecular formula is C19H22N2O4S. The normalized spacial score (nSPS) is 10.5. The fourth-order valence-corrected chi connectivity index (χ4v) is 3.33. The van der Waals surface area contributed by atoms with Crippen LogP contribution in [0.4, 0.5) is 10.7 Å². The highest BCUT2D eigenvalue weighted by Crippen LogP contribution is 2.34. The van der Waals surface area contributed by atoms with Gasteiger partial charge in [-0.15, -0.1) is 11.3 Å². The van der Waals surface area contributed by atoms with Gasteiger partial charge in [-0.2, -0.15) is 0 Å². The van der Waals surface area contributed by atoms with E-state index < -0.39 is 5.97 Å². The molecule has 1 heterocycles. The second-order valence-corrected chi connectivity index (χ2v) is 6.97. The summed E-state index contributed by atoms with van der Waals surface area (Å²) in [5, 5.41) is 5.85. The minimum atomic E-state index is -0.556. The molecule has 2 N–H and O–H groups in total. The summed E-state index contributed by atoms with van der Waals surface area (Å²) < 4.78 is 5.09. The second-order valence-electron chi connectivity index (χ2n) is 5.94. The van der Waals surface area contributed by atoms with Crippen LogP contribution in [0.25, 0.3) is 0 Å². The summed E-state index contributed by atoms with van der Waals surface area (Å²) in [6.45, 7) is 7.09. The third-order valence-corrected chi connectivity index (χ3v) is 4.83. The lowest BCUT2D eigenvalue weighted by Crippen LogP contribution is -2.19. The van der Waals surface area contributed by atoms with Gasteiger partial charge in [-0.25, -0.2) is 4.79 Å². The highest BCUT2D eigenvalue weighted by molar-refractivity contribution is 7.18. The van der Waals surface area contributed by atoms with Crippen molar-refractivity contribution in [3.05, 3.63) is 46.3 Å². The lowest BCUT2D eigenvalue weighted by Gasteiger charge is -2.08. The molecule has 0 radical (unpaired) electrons. The van der Waals surface area contributed by atoms with E-state index in [0.717, 1.165) is 11.3 Å². The maximum atomic E-state index is 12.6. The smallest absolute Gasteiger partial charge is 0.341 e. The number of thiophene rings is 1. The van der Waals surface area contributed by atoms with Gasteiger partial charge >= 0.3 is 5.97 Å². The zero-order chi connectivity index (χ0) is 19.3. The maximum Gasteiger partial charge on any atom is 0.341 e. The van der Waals surface area contributed by atoms with Crippen LogP contribution in [-0.2, 0) is 9.53 Å². The summed E-state index contributed by atoms with van der Waals surface area (Å²) >= 11 is 1.07. The zero-order valence-corrected chi connectivity index (χ0v) is 16.0. The van der Waals surface area contributed by atoms with Crippen LogP contribution in [0.5, 0.6) is 0 Å². The van der Waals surface area contributed by atoms with Gasteiger partial charge in [0.25, 0.3) is 5.91 Å². The van der Waals surface area contributed by atoms with Crippen LogP contribution >= 0.6 is 11.3 Å². The Balaban J connectivity index is 2.38. The third-order valence-electron chi connectivity index (χ3n) is 3.63. The molecule has 2 aromatic rings. The fraction of sp³-hybridized carbons (Fsp3) is 0.316. The van der Waals surface area contributed by atoms with Gasteiger partial charge in [0.1, 0.15) is 5.00 Å². The van der Waals surface area contributed by atoms with E-state index in [-0.39, 0.29) is 29.9 Å². The number of hydrogen-bond acceptors (Lipinski definition) is 5. The molecule has 0 spiro atoms. The number of para-hydroxylation sites is 1. The van der Waals surface area contributed by atoms with E-state index in [1.54, 1.807) is 39.8 Å². The van der Waals surface area contributed by atoms with Gasteiger partial charge in [0.2, 0.25) is 5.91 Å². The molecule has 0 saturated heterocycles. The number of nitrogens with one attached hydrogen (secondary N) is 2.